The Balaban J connectivity index is 2.31. The molecular weight excluding hydrogens is 270 g/mol. The van der Waals surface area contributed by atoms with Crippen LogP contribution in [0.5, 0.6) is 0 Å². The molecule has 0 aliphatic heterocycles. The molecule has 106 valence electrons. The van der Waals surface area contributed by atoms with Crippen molar-refractivity contribution in [3.05, 3.63) is 51.7 Å². The van der Waals surface area contributed by atoms with Crippen LogP contribution in [-0.4, -0.2) is 12.6 Å². The molecule has 0 amide bonds. The van der Waals surface area contributed by atoms with Gasteiger partial charge in [-0.3, -0.25) is 0 Å². The van der Waals surface area contributed by atoms with E-state index in [1.807, 2.05) is 56.5 Å². The highest BCUT2D eigenvalue weighted by molar-refractivity contribution is 7.10. The van der Waals surface area contributed by atoms with Gasteiger partial charge in [0, 0.05) is 10.6 Å². The number of nitrogens with one attached hydrogen (secondary N) is 1. The minimum absolute atomic E-state index is 0.235. The van der Waals surface area contributed by atoms with Crippen LogP contribution in [0.15, 0.2) is 35.7 Å². The molecule has 0 aliphatic rings. The number of rotatable bonds is 5. The average Bonchev–Trinajstić information content (AvgIpc) is 2.84. The van der Waals surface area contributed by atoms with Gasteiger partial charge >= 0.3 is 5.97 Å². The van der Waals surface area contributed by atoms with Crippen LogP contribution < -0.4 is 5.32 Å². The van der Waals surface area contributed by atoms with Gasteiger partial charge in [0.1, 0.15) is 0 Å². The Morgan fingerprint density at radius 2 is 2.00 bits per heavy atom. The summed E-state index contributed by atoms with van der Waals surface area (Å²) in [7, 11) is 0. The van der Waals surface area contributed by atoms with E-state index in [-0.39, 0.29) is 5.97 Å². The number of aryl methyl sites for hydroxylation is 2. The zero-order chi connectivity index (χ0) is 14.5. The maximum atomic E-state index is 12.2. The highest BCUT2D eigenvalue weighted by atomic mass is 32.1. The Labute approximate surface area is 123 Å². The van der Waals surface area contributed by atoms with Gasteiger partial charge in [-0.05, 0) is 49.4 Å². The maximum Gasteiger partial charge on any atom is 0.334 e. The van der Waals surface area contributed by atoms with Crippen molar-refractivity contribution in [3.8, 4) is 0 Å². The zero-order valence-electron chi connectivity index (χ0n) is 12.0. The Kier molecular flexibility index (Phi) is 4.79. The lowest BCUT2D eigenvalue weighted by atomic mass is 10.1. The smallest absolute Gasteiger partial charge is 0.334 e. The highest BCUT2D eigenvalue weighted by Gasteiger charge is 2.25. The Morgan fingerprint density at radius 3 is 2.60 bits per heavy atom. The second kappa shape index (κ2) is 6.57. The topological polar surface area (TPSA) is 38.3 Å². The molecule has 1 unspecified atom stereocenters. The molecule has 2 aromatic rings. The third-order valence-electron chi connectivity index (χ3n) is 3.13. The molecule has 0 aliphatic carbocycles. The lowest BCUT2D eigenvalue weighted by Gasteiger charge is -2.19. The molecule has 0 saturated heterocycles. The van der Waals surface area contributed by atoms with E-state index in [1.54, 1.807) is 11.3 Å². The number of carbonyl (C=O) groups excluding carboxylic acids is 1. The molecule has 20 heavy (non-hydrogen) atoms. The summed E-state index contributed by atoms with van der Waals surface area (Å²) in [6.45, 7) is 6.24. The van der Waals surface area contributed by atoms with Crippen LogP contribution in [0.1, 0.15) is 29.0 Å². The van der Waals surface area contributed by atoms with Gasteiger partial charge in [0.2, 0.25) is 0 Å². The first-order valence-corrected chi connectivity index (χ1v) is 7.54. The van der Waals surface area contributed by atoms with E-state index >= 15 is 0 Å². The molecule has 0 spiro atoms. The van der Waals surface area contributed by atoms with Gasteiger partial charge in [-0.2, -0.15) is 0 Å². The third kappa shape index (κ3) is 3.20. The standard InChI is InChI=1S/C16H19NO2S/c1-4-19-16(18)14(15-12(3)9-10-20-15)17-13-8-6-5-7-11(13)2/h5-10,14,17H,4H2,1-3H3. The molecule has 2 rings (SSSR count). The molecule has 3 nitrogen and oxygen atoms in total. The van der Waals surface area contributed by atoms with Gasteiger partial charge in [-0.25, -0.2) is 4.79 Å². The minimum atomic E-state index is -0.448. The van der Waals surface area contributed by atoms with E-state index in [4.69, 9.17) is 4.74 Å². The number of hydrogen-bond acceptors (Lipinski definition) is 4. The maximum absolute atomic E-state index is 12.2. The van der Waals surface area contributed by atoms with Crippen LogP contribution >= 0.6 is 11.3 Å². The van der Waals surface area contributed by atoms with Crippen molar-refractivity contribution >= 4 is 23.0 Å². The van der Waals surface area contributed by atoms with E-state index < -0.39 is 6.04 Å². The summed E-state index contributed by atoms with van der Waals surface area (Å²) in [6.07, 6.45) is 0. The van der Waals surface area contributed by atoms with Crippen molar-refractivity contribution in [3.63, 3.8) is 0 Å². The van der Waals surface area contributed by atoms with Gasteiger partial charge in [0.25, 0.3) is 0 Å². The van der Waals surface area contributed by atoms with Crippen LogP contribution in [0.3, 0.4) is 0 Å². The normalized spacial score (nSPS) is 11.9. The van der Waals surface area contributed by atoms with E-state index in [0.29, 0.717) is 6.61 Å². The summed E-state index contributed by atoms with van der Waals surface area (Å²) in [5, 5.41) is 5.31. The lowest BCUT2D eigenvalue weighted by Crippen LogP contribution is -2.23. The number of thiophene rings is 1. The predicted octanol–water partition coefficient (Wildman–Crippen LogP) is 4.08. The first-order valence-electron chi connectivity index (χ1n) is 6.66. The molecular formula is C16H19NO2S. The second-order valence-electron chi connectivity index (χ2n) is 4.61. The van der Waals surface area contributed by atoms with Crippen molar-refractivity contribution in [1.29, 1.82) is 0 Å². The van der Waals surface area contributed by atoms with Crippen molar-refractivity contribution in [2.75, 3.05) is 11.9 Å². The molecule has 1 aromatic heterocycles. The van der Waals surface area contributed by atoms with Crippen molar-refractivity contribution < 1.29 is 9.53 Å². The van der Waals surface area contributed by atoms with E-state index in [9.17, 15) is 4.79 Å². The number of benzene rings is 1. The summed E-state index contributed by atoms with van der Waals surface area (Å²) in [6, 6.07) is 9.51. The number of ether oxygens (including phenoxy) is 1. The molecule has 0 bridgehead atoms. The Hall–Kier alpha value is -1.81. The van der Waals surface area contributed by atoms with Crippen molar-refractivity contribution in [2.24, 2.45) is 0 Å². The number of hydrogen-bond donors (Lipinski definition) is 1. The lowest BCUT2D eigenvalue weighted by molar-refractivity contribution is -0.144. The summed E-state index contributed by atoms with van der Waals surface area (Å²) >= 11 is 1.57. The fourth-order valence-corrected chi connectivity index (χ4v) is 2.99. The van der Waals surface area contributed by atoms with E-state index in [2.05, 4.69) is 5.32 Å². The van der Waals surface area contributed by atoms with E-state index in [0.717, 1.165) is 21.7 Å². The van der Waals surface area contributed by atoms with Gasteiger partial charge in [-0.15, -0.1) is 11.3 Å². The number of esters is 1. The summed E-state index contributed by atoms with van der Waals surface area (Å²) in [4.78, 5) is 13.2. The number of para-hydroxylation sites is 1. The highest BCUT2D eigenvalue weighted by Crippen LogP contribution is 2.29. The summed E-state index contributed by atoms with van der Waals surface area (Å²) < 4.78 is 5.20. The quantitative estimate of drug-likeness (QED) is 0.843. The molecule has 1 aromatic carbocycles. The zero-order valence-corrected chi connectivity index (χ0v) is 12.8. The Morgan fingerprint density at radius 1 is 1.25 bits per heavy atom. The molecule has 1 N–H and O–H groups in total. The fraction of sp³-hybridized carbons (Fsp3) is 0.312. The van der Waals surface area contributed by atoms with Gasteiger partial charge in [-0.1, -0.05) is 18.2 Å². The molecule has 1 atom stereocenters. The molecule has 1 heterocycles. The SMILES string of the molecule is CCOC(=O)C(Nc1ccccc1C)c1sccc1C. The minimum Gasteiger partial charge on any atom is -0.464 e. The molecule has 0 saturated carbocycles. The number of anilines is 1. The fourth-order valence-electron chi connectivity index (χ4n) is 2.03. The average molecular weight is 289 g/mol. The van der Waals surface area contributed by atoms with Gasteiger partial charge in [0.15, 0.2) is 6.04 Å². The van der Waals surface area contributed by atoms with Crippen LogP contribution in [0.25, 0.3) is 0 Å². The summed E-state index contributed by atoms with van der Waals surface area (Å²) in [5.74, 6) is -0.235. The van der Waals surface area contributed by atoms with Crippen LogP contribution in [-0.2, 0) is 9.53 Å². The van der Waals surface area contributed by atoms with Gasteiger partial charge in [0.05, 0.1) is 6.61 Å². The van der Waals surface area contributed by atoms with Crippen molar-refractivity contribution in [2.45, 2.75) is 26.8 Å². The number of carbonyl (C=O) groups is 1. The van der Waals surface area contributed by atoms with E-state index in [1.165, 1.54) is 0 Å². The third-order valence-corrected chi connectivity index (χ3v) is 4.21. The second-order valence-corrected chi connectivity index (χ2v) is 5.56. The molecule has 0 radical (unpaired) electrons. The van der Waals surface area contributed by atoms with Crippen LogP contribution in [0, 0.1) is 13.8 Å². The van der Waals surface area contributed by atoms with Crippen LogP contribution in [0.2, 0.25) is 0 Å². The van der Waals surface area contributed by atoms with Crippen molar-refractivity contribution in [1.82, 2.24) is 0 Å². The summed E-state index contributed by atoms with van der Waals surface area (Å²) in [5.41, 5.74) is 3.17. The predicted molar refractivity (Wildman–Crippen MR) is 83.2 cm³/mol. The largest absolute Gasteiger partial charge is 0.464 e. The molecule has 0 fully saturated rings. The molecule has 4 heteroatoms. The van der Waals surface area contributed by atoms with Crippen LogP contribution in [0.4, 0.5) is 5.69 Å². The van der Waals surface area contributed by atoms with Gasteiger partial charge < -0.3 is 10.1 Å². The first-order chi connectivity index (χ1) is 9.63. The Bertz CT molecular complexity index is 592. The first kappa shape index (κ1) is 14.6. The monoisotopic (exact) mass is 289 g/mol.